The fourth-order valence-electron chi connectivity index (χ4n) is 4.89. The summed E-state index contributed by atoms with van der Waals surface area (Å²) >= 11 is 0. The highest BCUT2D eigenvalue weighted by molar-refractivity contribution is 7.89. The largest absolute Gasteiger partial charge is 0.453 e. The molecule has 0 aliphatic carbocycles. The van der Waals surface area contributed by atoms with Crippen LogP contribution in [-0.2, 0) is 14.8 Å². The molecule has 2 aromatic rings. The number of para-hydroxylation sites is 1. The van der Waals surface area contributed by atoms with Gasteiger partial charge in [0.05, 0.1) is 18.9 Å². The zero-order valence-electron chi connectivity index (χ0n) is 17.1. The maximum absolute atomic E-state index is 12.2. The van der Waals surface area contributed by atoms with Crippen molar-refractivity contribution in [3.63, 3.8) is 0 Å². The van der Waals surface area contributed by atoms with Gasteiger partial charge in [-0.2, -0.15) is 0 Å². The Hall–Kier alpha value is -2.06. The van der Waals surface area contributed by atoms with Gasteiger partial charge in [0.1, 0.15) is 0 Å². The van der Waals surface area contributed by atoms with Gasteiger partial charge in [0.15, 0.2) is 0 Å². The number of amides is 1. The monoisotopic (exact) mass is 419 g/mol. The van der Waals surface area contributed by atoms with Crippen molar-refractivity contribution in [2.45, 2.75) is 37.6 Å². The van der Waals surface area contributed by atoms with Gasteiger partial charge in [0, 0.05) is 30.7 Å². The standard InChI is InChI=1S/C21H29N3O4S/c1-28-21(25)23-13-9-17(10-14-23)22-11-7-16(8-12-22)19-15-24(29(2,26)27)20-6-4-3-5-18(19)20/h3-6,15-17H,7-14H2,1-2H3. The zero-order valence-corrected chi connectivity index (χ0v) is 17.9. The van der Waals surface area contributed by atoms with E-state index in [0.717, 1.165) is 68.3 Å². The number of carbonyl (C=O) groups is 1. The molecule has 3 heterocycles. The Balaban J connectivity index is 1.44. The van der Waals surface area contributed by atoms with Crippen molar-refractivity contribution >= 4 is 27.0 Å². The Kier molecular flexibility index (Phi) is 5.57. The van der Waals surface area contributed by atoms with Gasteiger partial charge in [-0.15, -0.1) is 0 Å². The third kappa shape index (κ3) is 4.00. The molecular weight excluding hydrogens is 390 g/mol. The number of hydrogen-bond acceptors (Lipinski definition) is 5. The molecule has 8 heteroatoms. The molecule has 0 spiro atoms. The van der Waals surface area contributed by atoms with Crippen LogP contribution < -0.4 is 0 Å². The van der Waals surface area contributed by atoms with Gasteiger partial charge < -0.3 is 14.5 Å². The van der Waals surface area contributed by atoms with Crippen molar-refractivity contribution in [1.29, 1.82) is 0 Å². The molecule has 158 valence electrons. The van der Waals surface area contributed by atoms with E-state index in [1.54, 1.807) is 4.90 Å². The van der Waals surface area contributed by atoms with Crippen LogP contribution in [0.5, 0.6) is 0 Å². The van der Waals surface area contributed by atoms with E-state index >= 15 is 0 Å². The van der Waals surface area contributed by atoms with Crippen molar-refractivity contribution in [1.82, 2.24) is 13.8 Å². The van der Waals surface area contributed by atoms with Gasteiger partial charge in [-0.25, -0.2) is 17.2 Å². The molecule has 1 amide bonds. The number of hydrogen-bond donors (Lipinski definition) is 0. The van der Waals surface area contributed by atoms with E-state index in [9.17, 15) is 13.2 Å². The smallest absolute Gasteiger partial charge is 0.409 e. The maximum atomic E-state index is 12.2. The van der Waals surface area contributed by atoms with Crippen molar-refractivity contribution in [2.24, 2.45) is 0 Å². The highest BCUT2D eigenvalue weighted by Crippen LogP contribution is 2.36. The molecule has 2 aliphatic heterocycles. The fraction of sp³-hybridized carbons (Fsp3) is 0.571. The molecule has 0 bridgehead atoms. The molecule has 0 saturated carbocycles. The first-order chi connectivity index (χ1) is 13.9. The normalized spacial score (nSPS) is 20.3. The lowest BCUT2D eigenvalue weighted by molar-refractivity contribution is 0.0734. The van der Waals surface area contributed by atoms with Crippen LogP contribution in [0.4, 0.5) is 4.79 Å². The molecule has 7 nitrogen and oxygen atoms in total. The first kappa shape index (κ1) is 20.2. The van der Waals surface area contributed by atoms with E-state index in [0.29, 0.717) is 12.0 Å². The third-order valence-corrected chi connectivity index (χ3v) is 7.47. The van der Waals surface area contributed by atoms with Crippen molar-refractivity contribution in [3.8, 4) is 0 Å². The number of nitrogens with zero attached hydrogens (tertiary/aromatic N) is 3. The van der Waals surface area contributed by atoms with Crippen molar-refractivity contribution in [2.75, 3.05) is 39.5 Å². The van der Waals surface area contributed by atoms with Gasteiger partial charge in [-0.05, 0) is 56.3 Å². The van der Waals surface area contributed by atoms with Gasteiger partial charge in [0.25, 0.3) is 0 Å². The topological polar surface area (TPSA) is 71.8 Å². The number of carbonyl (C=O) groups excluding carboxylic acids is 1. The van der Waals surface area contributed by atoms with Crippen LogP contribution in [0.15, 0.2) is 30.5 Å². The van der Waals surface area contributed by atoms with E-state index in [1.807, 2.05) is 30.5 Å². The summed E-state index contributed by atoms with van der Waals surface area (Å²) in [6.45, 7) is 3.51. The number of ether oxygens (including phenoxy) is 1. The van der Waals surface area contributed by atoms with E-state index in [1.165, 1.54) is 17.3 Å². The number of likely N-dealkylation sites (tertiary alicyclic amines) is 2. The molecule has 4 rings (SSSR count). The van der Waals surface area contributed by atoms with E-state index in [-0.39, 0.29) is 6.09 Å². The summed E-state index contributed by atoms with van der Waals surface area (Å²) in [5.74, 6) is 0.370. The van der Waals surface area contributed by atoms with E-state index in [2.05, 4.69) is 4.90 Å². The molecule has 1 aromatic carbocycles. The summed E-state index contributed by atoms with van der Waals surface area (Å²) in [7, 11) is -1.90. The Morgan fingerprint density at radius 3 is 2.31 bits per heavy atom. The van der Waals surface area contributed by atoms with Crippen LogP contribution in [0.2, 0.25) is 0 Å². The van der Waals surface area contributed by atoms with Crippen LogP contribution in [0.1, 0.15) is 37.2 Å². The number of fused-ring (bicyclic) bond motifs is 1. The lowest BCUT2D eigenvalue weighted by atomic mass is 9.88. The van der Waals surface area contributed by atoms with Gasteiger partial charge in [-0.3, -0.25) is 0 Å². The molecular formula is C21H29N3O4S. The van der Waals surface area contributed by atoms with Crippen LogP contribution in [0, 0.1) is 0 Å². The van der Waals surface area contributed by atoms with Crippen LogP contribution in [0.25, 0.3) is 10.9 Å². The average molecular weight is 420 g/mol. The summed E-state index contributed by atoms with van der Waals surface area (Å²) in [4.78, 5) is 16.0. The second-order valence-corrected chi connectivity index (χ2v) is 10.0. The highest BCUT2D eigenvalue weighted by Gasteiger charge is 2.31. The summed E-state index contributed by atoms with van der Waals surface area (Å²) in [5, 5.41) is 1.04. The Bertz CT molecular complexity index is 985. The van der Waals surface area contributed by atoms with Gasteiger partial charge in [0.2, 0.25) is 10.0 Å². The Labute approximate surface area is 172 Å². The lowest BCUT2D eigenvalue weighted by Crippen LogP contribution is -2.48. The second kappa shape index (κ2) is 7.99. The average Bonchev–Trinajstić information content (AvgIpc) is 3.14. The van der Waals surface area contributed by atoms with Crippen LogP contribution in [0.3, 0.4) is 0 Å². The molecule has 2 saturated heterocycles. The number of benzene rings is 1. The Morgan fingerprint density at radius 2 is 1.69 bits per heavy atom. The highest BCUT2D eigenvalue weighted by atomic mass is 32.2. The minimum absolute atomic E-state index is 0.232. The SMILES string of the molecule is COC(=O)N1CCC(N2CCC(c3cn(S(C)(=O)=O)c4ccccc34)CC2)CC1. The Morgan fingerprint density at radius 1 is 1.03 bits per heavy atom. The number of aromatic nitrogens is 1. The molecule has 2 aliphatic rings. The fourth-order valence-corrected chi connectivity index (χ4v) is 5.71. The van der Waals surface area contributed by atoms with Gasteiger partial charge in [-0.1, -0.05) is 18.2 Å². The second-order valence-electron chi connectivity index (χ2n) is 8.16. The zero-order chi connectivity index (χ0) is 20.6. The predicted octanol–water partition coefficient (Wildman–Crippen LogP) is 2.86. The quantitative estimate of drug-likeness (QED) is 0.765. The number of rotatable bonds is 3. The predicted molar refractivity (Wildman–Crippen MR) is 113 cm³/mol. The minimum atomic E-state index is -3.33. The minimum Gasteiger partial charge on any atom is -0.453 e. The first-order valence-corrected chi connectivity index (χ1v) is 12.1. The number of methoxy groups -OCH3 is 1. The summed E-state index contributed by atoms with van der Waals surface area (Å²) in [5.41, 5.74) is 1.91. The summed E-state index contributed by atoms with van der Waals surface area (Å²) in [6, 6.07) is 8.28. The molecule has 0 radical (unpaired) electrons. The van der Waals surface area contributed by atoms with Crippen LogP contribution >= 0.6 is 0 Å². The molecule has 0 N–H and O–H groups in total. The van der Waals surface area contributed by atoms with Crippen molar-refractivity contribution in [3.05, 3.63) is 36.0 Å². The lowest BCUT2D eigenvalue weighted by Gasteiger charge is -2.41. The summed E-state index contributed by atoms with van der Waals surface area (Å²) < 4.78 is 30.7. The molecule has 29 heavy (non-hydrogen) atoms. The van der Waals surface area contributed by atoms with Gasteiger partial charge >= 0.3 is 6.09 Å². The number of piperidine rings is 2. The summed E-state index contributed by atoms with van der Waals surface area (Å²) in [6.07, 6.45) is 6.86. The van der Waals surface area contributed by atoms with Crippen LogP contribution in [-0.4, -0.2) is 73.9 Å². The molecule has 0 unspecified atom stereocenters. The van der Waals surface area contributed by atoms with E-state index in [4.69, 9.17) is 4.74 Å². The first-order valence-electron chi connectivity index (χ1n) is 10.3. The third-order valence-electron chi connectivity index (χ3n) is 6.45. The molecule has 2 fully saturated rings. The maximum Gasteiger partial charge on any atom is 0.409 e. The molecule has 0 atom stereocenters. The molecule has 1 aromatic heterocycles. The van der Waals surface area contributed by atoms with Crippen molar-refractivity contribution < 1.29 is 17.9 Å². The van der Waals surface area contributed by atoms with E-state index < -0.39 is 10.0 Å².